The molecule has 2 aromatic rings. The van der Waals surface area contributed by atoms with E-state index in [0.717, 1.165) is 25.3 Å². The minimum Gasteiger partial charge on any atom is -0.350 e. The Hall–Kier alpha value is -2.64. The van der Waals surface area contributed by atoms with Gasteiger partial charge in [0, 0.05) is 30.4 Å². The van der Waals surface area contributed by atoms with Crippen LogP contribution in [0.25, 0.3) is 0 Å². The fourth-order valence-corrected chi connectivity index (χ4v) is 3.20. The topological polar surface area (TPSA) is 58.1 Å². The number of benzene rings is 1. The molecule has 5 nitrogen and oxygen atoms in total. The molecule has 0 aliphatic carbocycles. The molecular weight excluding hydrogens is 357 g/mol. The van der Waals surface area contributed by atoms with Gasteiger partial charge in [-0.2, -0.15) is 13.2 Å². The molecule has 1 amide bonds. The van der Waals surface area contributed by atoms with Crippen molar-refractivity contribution in [3.63, 3.8) is 0 Å². The zero-order valence-corrected chi connectivity index (χ0v) is 15.0. The molecule has 144 valence electrons. The Labute approximate surface area is 155 Å². The lowest BCUT2D eigenvalue weighted by Gasteiger charge is -2.36. The lowest BCUT2D eigenvalue weighted by atomic mass is 10.0. The highest BCUT2D eigenvalue weighted by Gasteiger charge is 2.35. The van der Waals surface area contributed by atoms with Crippen LogP contribution in [0.15, 0.2) is 36.4 Å². The largest absolute Gasteiger partial charge is 0.433 e. The first-order valence-electron chi connectivity index (χ1n) is 8.87. The third kappa shape index (κ3) is 4.75. The molecule has 2 heterocycles. The smallest absolute Gasteiger partial charge is 0.350 e. The number of aromatic nitrogens is 2. The zero-order chi connectivity index (χ0) is 19.4. The molecule has 0 bridgehead atoms. The summed E-state index contributed by atoms with van der Waals surface area (Å²) in [5.41, 5.74) is -0.126. The summed E-state index contributed by atoms with van der Waals surface area (Å²) in [6.45, 7) is 2.41. The molecule has 0 spiro atoms. The van der Waals surface area contributed by atoms with Gasteiger partial charge in [0.1, 0.15) is 5.69 Å². The van der Waals surface area contributed by atoms with Crippen molar-refractivity contribution in [3.05, 3.63) is 53.3 Å². The summed E-state index contributed by atoms with van der Waals surface area (Å²) in [5.74, 6) is -0.136. The van der Waals surface area contributed by atoms with Crippen molar-refractivity contribution in [3.8, 4) is 0 Å². The first kappa shape index (κ1) is 19.1. The Morgan fingerprint density at radius 3 is 2.67 bits per heavy atom. The zero-order valence-electron chi connectivity index (χ0n) is 15.0. The fraction of sp³-hybridized carbons (Fsp3) is 0.421. The van der Waals surface area contributed by atoms with Crippen LogP contribution < -0.4 is 10.2 Å². The second-order valence-corrected chi connectivity index (χ2v) is 6.61. The Bertz CT molecular complexity index is 795. The third-order valence-electron chi connectivity index (χ3n) is 4.55. The fourth-order valence-electron chi connectivity index (χ4n) is 3.20. The van der Waals surface area contributed by atoms with Crippen LogP contribution in [0.3, 0.4) is 0 Å². The molecule has 1 fully saturated rings. The van der Waals surface area contributed by atoms with Gasteiger partial charge in [-0.15, -0.1) is 0 Å². The van der Waals surface area contributed by atoms with E-state index >= 15 is 0 Å². The van der Waals surface area contributed by atoms with Crippen LogP contribution in [0, 0.1) is 6.92 Å². The van der Waals surface area contributed by atoms with Crippen LogP contribution in [0.5, 0.6) is 0 Å². The Kier molecular flexibility index (Phi) is 5.62. The van der Waals surface area contributed by atoms with Crippen LogP contribution >= 0.6 is 0 Å². The minimum absolute atomic E-state index is 0.0704. The Morgan fingerprint density at radius 1 is 1.22 bits per heavy atom. The van der Waals surface area contributed by atoms with Gasteiger partial charge >= 0.3 is 6.18 Å². The van der Waals surface area contributed by atoms with Gasteiger partial charge in [-0.25, -0.2) is 9.97 Å². The molecule has 1 unspecified atom stereocenters. The number of piperidine rings is 1. The van der Waals surface area contributed by atoms with E-state index in [-0.39, 0.29) is 23.6 Å². The van der Waals surface area contributed by atoms with Crippen molar-refractivity contribution < 1.29 is 18.0 Å². The second kappa shape index (κ2) is 7.94. The Balaban J connectivity index is 1.76. The normalized spacial score (nSPS) is 17.6. The summed E-state index contributed by atoms with van der Waals surface area (Å²) in [7, 11) is 0. The monoisotopic (exact) mass is 378 g/mol. The van der Waals surface area contributed by atoms with Crippen molar-refractivity contribution in [1.29, 1.82) is 0 Å². The van der Waals surface area contributed by atoms with Crippen molar-refractivity contribution in [2.24, 2.45) is 0 Å². The first-order chi connectivity index (χ1) is 12.8. The van der Waals surface area contributed by atoms with E-state index in [1.165, 1.54) is 6.92 Å². The van der Waals surface area contributed by atoms with E-state index in [4.69, 9.17) is 0 Å². The second-order valence-electron chi connectivity index (χ2n) is 6.61. The van der Waals surface area contributed by atoms with Gasteiger partial charge < -0.3 is 10.2 Å². The number of carbonyl (C=O) groups is 1. The van der Waals surface area contributed by atoms with Crippen molar-refractivity contribution in [2.75, 3.05) is 18.0 Å². The standard InChI is InChI=1S/C19H21F3N4O/c1-13-11-16(19(20,21)22)25-18(24-13)26-10-6-5-9-15(26)12-23-17(27)14-7-3-2-4-8-14/h2-4,7-8,11,15H,5-6,9-10,12H2,1H3,(H,23,27). The van der Waals surface area contributed by atoms with Crippen LogP contribution in [-0.4, -0.2) is 35.0 Å². The number of hydrogen-bond donors (Lipinski definition) is 1. The van der Waals surface area contributed by atoms with Crippen LogP contribution in [0.2, 0.25) is 0 Å². The molecule has 1 saturated heterocycles. The number of carbonyl (C=O) groups excluding carboxylic acids is 1. The van der Waals surface area contributed by atoms with Crippen LogP contribution in [0.1, 0.15) is 41.0 Å². The number of hydrogen-bond acceptors (Lipinski definition) is 4. The van der Waals surface area contributed by atoms with E-state index < -0.39 is 11.9 Å². The van der Waals surface area contributed by atoms with Gasteiger partial charge in [-0.1, -0.05) is 18.2 Å². The lowest BCUT2D eigenvalue weighted by Crippen LogP contribution is -2.47. The number of amides is 1. The van der Waals surface area contributed by atoms with Gasteiger partial charge in [-0.3, -0.25) is 4.79 Å². The van der Waals surface area contributed by atoms with E-state index in [2.05, 4.69) is 15.3 Å². The number of anilines is 1. The van der Waals surface area contributed by atoms with Gasteiger partial charge in [0.15, 0.2) is 0 Å². The predicted molar refractivity (Wildman–Crippen MR) is 95.5 cm³/mol. The number of aryl methyl sites for hydroxylation is 1. The molecule has 27 heavy (non-hydrogen) atoms. The highest BCUT2D eigenvalue weighted by molar-refractivity contribution is 5.94. The van der Waals surface area contributed by atoms with Gasteiger partial charge in [0.05, 0.1) is 0 Å². The highest BCUT2D eigenvalue weighted by Crippen LogP contribution is 2.30. The highest BCUT2D eigenvalue weighted by atomic mass is 19.4. The molecule has 1 aliphatic rings. The van der Waals surface area contributed by atoms with Crippen molar-refractivity contribution in [1.82, 2.24) is 15.3 Å². The molecule has 1 aromatic carbocycles. The summed E-state index contributed by atoms with van der Waals surface area (Å²) >= 11 is 0. The maximum Gasteiger partial charge on any atom is 0.433 e. The molecule has 8 heteroatoms. The summed E-state index contributed by atoms with van der Waals surface area (Å²) in [6.07, 6.45) is -1.97. The predicted octanol–water partition coefficient (Wildman–Crippen LogP) is 3.59. The van der Waals surface area contributed by atoms with E-state index in [9.17, 15) is 18.0 Å². The summed E-state index contributed by atoms with van der Waals surface area (Å²) < 4.78 is 39.3. The Morgan fingerprint density at radius 2 is 1.96 bits per heavy atom. The summed E-state index contributed by atoms with van der Waals surface area (Å²) in [4.78, 5) is 22.0. The maximum atomic E-state index is 13.1. The van der Waals surface area contributed by atoms with Crippen LogP contribution in [0.4, 0.5) is 19.1 Å². The van der Waals surface area contributed by atoms with E-state index in [1.54, 1.807) is 29.2 Å². The SMILES string of the molecule is Cc1cc(C(F)(F)F)nc(N2CCCCC2CNC(=O)c2ccccc2)n1. The molecule has 0 saturated carbocycles. The van der Waals surface area contributed by atoms with E-state index in [1.807, 2.05) is 6.07 Å². The maximum absolute atomic E-state index is 13.1. The first-order valence-corrected chi connectivity index (χ1v) is 8.87. The van der Waals surface area contributed by atoms with Crippen LogP contribution in [-0.2, 0) is 6.18 Å². The summed E-state index contributed by atoms with van der Waals surface area (Å²) in [5, 5.41) is 2.87. The minimum atomic E-state index is -4.52. The lowest BCUT2D eigenvalue weighted by molar-refractivity contribution is -0.141. The van der Waals surface area contributed by atoms with Gasteiger partial charge in [0.2, 0.25) is 5.95 Å². The molecule has 1 aliphatic heterocycles. The van der Waals surface area contributed by atoms with Crippen molar-refractivity contribution >= 4 is 11.9 Å². The number of nitrogens with one attached hydrogen (secondary N) is 1. The molecule has 0 radical (unpaired) electrons. The van der Waals surface area contributed by atoms with Crippen molar-refractivity contribution in [2.45, 2.75) is 38.4 Å². The number of nitrogens with zero attached hydrogens (tertiary/aromatic N) is 3. The average Bonchev–Trinajstić information content (AvgIpc) is 2.66. The van der Waals surface area contributed by atoms with Gasteiger partial charge in [-0.05, 0) is 44.4 Å². The number of alkyl halides is 3. The third-order valence-corrected chi connectivity index (χ3v) is 4.55. The molecule has 1 aromatic heterocycles. The molecule has 1 atom stereocenters. The number of rotatable bonds is 4. The average molecular weight is 378 g/mol. The van der Waals surface area contributed by atoms with Gasteiger partial charge in [0.25, 0.3) is 5.91 Å². The quantitative estimate of drug-likeness (QED) is 0.883. The van der Waals surface area contributed by atoms with E-state index in [0.29, 0.717) is 18.7 Å². The summed E-state index contributed by atoms with van der Waals surface area (Å²) in [6, 6.07) is 9.61. The number of halogens is 3. The molecule has 1 N–H and O–H groups in total. The molecule has 3 rings (SSSR count). The molecular formula is C19H21F3N4O.